The number of phenolic OH excluding ortho intramolecular Hbond substituents is 2. The van der Waals surface area contributed by atoms with Crippen molar-refractivity contribution in [2.75, 3.05) is 13.7 Å². The maximum absolute atomic E-state index is 11.4. The fourth-order valence-corrected chi connectivity index (χ4v) is 3.81. The van der Waals surface area contributed by atoms with Crippen LogP contribution in [0.1, 0.15) is 46.8 Å². The van der Waals surface area contributed by atoms with Crippen LogP contribution in [0.25, 0.3) is 6.08 Å². The number of hydrogen-bond acceptors (Lipinski definition) is 6. The van der Waals surface area contributed by atoms with Crippen LogP contribution < -0.4 is 14.2 Å². The average molecular weight is 382 g/mol. The molecule has 2 aromatic carbocycles. The Morgan fingerprint density at radius 3 is 2.71 bits per heavy atom. The zero-order valence-corrected chi connectivity index (χ0v) is 16.0. The zero-order chi connectivity index (χ0) is 20.1. The molecule has 2 aromatic rings. The molecule has 0 bridgehead atoms. The molecule has 146 valence electrons. The van der Waals surface area contributed by atoms with Crippen molar-refractivity contribution in [3.05, 3.63) is 46.5 Å². The van der Waals surface area contributed by atoms with Gasteiger partial charge in [0.1, 0.15) is 34.3 Å². The normalized spacial score (nSPS) is 19.0. The molecule has 0 unspecified atom stereocenters. The topological polar surface area (TPSA) is 85.2 Å². The van der Waals surface area contributed by atoms with E-state index < -0.39 is 5.60 Å². The SMILES string of the molecule is COc1cc(O)c(C=O)c2c1C[C@H](c1ccc(O)c3c1OC(C)(C)C=C3)CO2. The molecule has 0 amide bonds. The first-order valence-corrected chi connectivity index (χ1v) is 9.09. The predicted molar refractivity (Wildman–Crippen MR) is 104 cm³/mol. The van der Waals surface area contributed by atoms with E-state index in [0.29, 0.717) is 42.1 Å². The lowest BCUT2D eigenvalue weighted by molar-refractivity contribution is 0.111. The molecule has 0 fully saturated rings. The molecule has 2 aliphatic heterocycles. The minimum Gasteiger partial charge on any atom is -0.507 e. The van der Waals surface area contributed by atoms with Gasteiger partial charge < -0.3 is 24.4 Å². The number of phenols is 2. The van der Waals surface area contributed by atoms with Crippen LogP contribution in [-0.2, 0) is 6.42 Å². The average Bonchev–Trinajstić information content (AvgIpc) is 2.66. The van der Waals surface area contributed by atoms with E-state index in [2.05, 4.69) is 0 Å². The lowest BCUT2D eigenvalue weighted by Crippen LogP contribution is -2.29. The Balaban J connectivity index is 1.80. The van der Waals surface area contributed by atoms with Gasteiger partial charge in [0.05, 0.1) is 24.8 Å². The highest BCUT2D eigenvalue weighted by molar-refractivity contribution is 5.86. The second-order valence-corrected chi connectivity index (χ2v) is 7.60. The lowest BCUT2D eigenvalue weighted by Gasteiger charge is -2.33. The molecule has 0 aromatic heterocycles. The van der Waals surface area contributed by atoms with Gasteiger partial charge in [0.25, 0.3) is 0 Å². The molecule has 0 spiro atoms. The number of aldehydes is 1. The van der Waals surface area contributed by atoms with E-state index in [0.717, 1.165) is 11.1 Å². The highest BCUT2D eigenvalue weighted by Crippen LogP contribution is 2.47. The van der Waals surface area contributed by atoms with Crippen molar-refractivity contribution in [2.45, 2.75) is 31.8 Å². The van der Waals surface area contributed by atoms with Crippen molar-refractivity contribution < 1.29 is 29.2 Å². The van der Waals surface area contributed by atoms with Crippen LogP contribution in [0.3, 0.4) is 0 Å². The number of methoxy groups -OCH3 is 1. The van der Waals surface area contributed by atoms with Gasteiger partial charge >= 0.3 is 0 Å². The van der Waals surface area contributed by atoms with Gasteiger partial charge in [0.15, 0.2) is 6.29 Å². The molecule has 2 aliphatic rings. The van der Waals surface area contributed by atoms with E-state index >= 15 is 0 Å². The Kier molecular flexibility index (Phi) is 4.22. The second kappa shape index (κ2) is 6.48. The maximum Gasteiger partial charge on any atom is 0.157 e. The molecule has 2 N–H and O–H groups in total. The smallest absolute Gasteiger partial charge is 0.157 e. The van der Waals surface area contributed by atoms with E-state index in [4.69, 9.17) is 14.2 Å². The highest BCUT2D eigenvalue weighted by atomic mass is 16.5. The van der Waals surface area contributed by atoms with Gasteiger partial charge in [-0.05, 0) is 38.5 Å². The summed E-state index contributed by atoms with van der Waals surface area (Å²) in [6.45, 7) is 4.22. The molecule has 0 aliphatic carbocycles. The molecule has 2 heterocycles. The largest absolute Gasteiger partial charge is 0.507 e. The van der Waals surface area contributed by atoms with Crippen LogP contribution in [0.5, 0.6) is 28.7 Å². The van der Waals surface area contributed by atoms with Gasteiger partial charge in [-0.1, -0.05) is 6.07 Å². The summed E-state index contributed by atoms with van der Waals surface area (Å²) in [6, 6.07) is 4.93. The molecule has 0 saturated heterocycles. The summed E-state index contributed by atoms with van der Waals surface area (Å²) < 4.78 is 17.5. The lowest BCUT2D eigenvalue weighted by atomic mass is 9.86. The first kappa shape index (κ1) is 18.2. The van der Waals surface area contributed by atoms with Gasteiger partial charge in [-0.2, -0.15) is 0 Å². The number of ether oxygens (including phenoxy) is 3. The first-order chi connectivity index (χ1) is 13.3. The first-order valence-electron chi connectivity index (χ1n) is 9.09. The fraction of sp³-hybridized carbons (Fsp3) is 0.318. The van der Waals surface area contributed by atoms with Crippen molar-refractivity contribution in [1.82, 2.24) is 0 Å². The van der Waals surface area contributed by atoms with Crippen LogP contribution >= 0.6 is 0 Å². The molecular weight excluding hydrogens is 360 g/mol. The Bertz CT molecular complexity index is 989. The zero-order valence-electron chi connectivity index (χ0n) is 16.0. The van der Waals surface area contributed by atoms with Crippen molar-refractivity contribution in [3.63, 3.8) is 0 Å². The van der Waals surface area contributed by atoms with Crippen LogP contribution in [-0.4, -0.2) is 35.8 Å². The number of carbonyl (C=O) groups is 1. The number of benzene rings is 2. The Hall–Kier alpha value is -3.15. The van der Waals surface area contributed by atoms with E-state index in [1.807, 2.05) is 32.1 Å². The van der Waals surface area contributed by atoms with E-state index in [9.17, 15) is 15.0 Å². The van der Waals surface area contributed by atoms with E-state index in [1.165, 1.54) is 13.2 Å². The molecule has 6 heteroatoms. The van der Waals surface area contributed by atoms with E-state index in [-0.39, 0.29) is 23.0 Å². The molecular formula is C22H22O6. The summed E-state index contributed by atoms with van der Waals surface area (Å²) in [5, 5.41) is 20.3. The molecule has 0 saturated carbocycles. The van der Waals surface area contributed by atoms with Crippen LogP contribution in [0.2, 0.25) is 0 Å². The summed E-state index contributed by atoms with van der Waals surface area (Å²) in [5.74, 6) is 1.39. The van der Waals surface area contributed by atoms with E-state index in [1.54, 1.807) is 6.07 Å². The summed E-state index contributed by atoms with van der Waals surface area (Å²) in [5.41, 5.74) is 1.93. The molecule has 1 atom stereocenters. The highest BCUT2D eigenvalue weighted by Gasteiger charge is 2.33. The molecule has 6 nitrogen and oxygen atoms in total. The number of hydrogen-bond donors (Lipinski definition) is 2. The third kappa shape index (κ3) is 2.85. The number of aromatic hydroxyl groups is 2. The van der Waals surface area contributed by atoms with Gasteiger partial charge in [-0.15, -0.1) is 0 Å². The predicted octanol–water partition coefficient (Wildman–Crippen LogP) is 3.82. The second-order valence-electron chi connectivity index (χ2n) is 7.60. The molecule has 4 rings (SSSR count). The van der Waals surface area contributed by atoms with Crippen molar-refractivity contribution in [2.24, 2.45) is 0 Å². The third-order valence-corrected chi connectivity index (χ3v) is 5.24. The number of fused-ring (bicyclic) bond motifs is 2. The molecule has 0 radical (unpaired) electrons. The van der Waals surface area contributed by atoms with Crippen molar-refractivity contribution in [3.8, 4) is 28.7 Å². The van der Waals surface area contributed by atoms with Gasteiger partial charge in [-0.3, -0.25) is 4.79 Å². The number of carbonyl (C=O) groups excluding carboxylic acids is 1. The monoisotopic (exact) mass is 382 g/mol. The summed E-state index contributed by atoms with van der Waals surface area (Å²) in [4.78, 5) is 11.4. The third-order valence-electron chi connectivity index (χ3n) is 5.24. The summed E-state index contributed by atoms with van der Waals surface area (Å²) in [7, 11) is 1.51. The maximum atomic E-state index is 11.4. The van der Waals surface area contributed by atoms with Gasteiger partial charge in [0, 0.05) is 23.1 Å². The van der Waals surface area contributed by atoms with Crippen molar-refractivity contribution in [1.29, 1.82) is 0 Å². The standard InChI is InChI=1S/C22H22O6/c1-22(2)7-6-14-17(24)5-4-13(21(14)28-22)12-8-15-19(26-3)9-18(25)16(10-23)20(15)27-11-12/h4-7,9-10,12,24-25H,8,11H2,1-3H3/t12-/m0/s1. The van der Waals surface area contributed by atoms with Gasteiger partial charge in [-0.25, -0.2) is 0 Å². The van der Waals surface area contributed by atoms with Crippen LogP contribution in [0.15, 0.2) is 24.3 Å². The minimum atomic E-state index is -0.489. The van der Waals surface area contributed by atoms with Crippen LogP contribution in [0, 0.1) is 0 Å². The quantitative estimate of drug-likeness (QED) is 0.785. The Morgan fingerprint density at radius 1 is 1.21 bits per heavy atom. The van der Waals surface area contributed by atoms with Crippen molar-refractivity contribution >= 4 is 12.4 Å². The van der Waals surface area contributed by atoms with Gasteiger partial charge in [0.2, 0.25) is 0 Å². The Labute approximate surface area is 163 Å². The summed E-state index contributed by atoms with van der Waals surface area (Å²) >= 11 is 0. The number of rotatable bonds is 3. The fourth-order valence-electron chi connectivity index (χ4n) is 3.81. The minimum absolute atomic E-state index is 0.0675. The molecule has 28 heavy (non-hydrogen) atoms. The van der Waals surface area contributed by atoms with Crippen LogP contribution in [0.4, 0.5) is 0 Å². The summed E-state index contributed by atoms with van der Waals surface area (Å²) in [6.07, 6.45) is 4.92. The Morgan fingerprint density at radius 2 is 2.00 bits per heavy atom.